The molecule has 0 aliphatic carbocycles. The molecule has 0 bridgehead atoms. The molecule has 1 unspecified atom stereocenters. The molecule has 1 heterocycles. The number of benzene rings is 1. The van der Waals surface area contributed by atoms with Crippen LogP contribution in [0.5, 0.6) is 5.75 Å². The van der Waals surface area contributed by atoms with Crippen molar-refractivity contribution in [1.82, 2.24) is 10.6 Å². The molecule has 0 spiro atoms. The molecule has 1 saturated heterocycles. The summed E-state index contributed by atoms with van der Waals surface area (Å²) in [6.07, 6.45) is -2.65. The molecular weight excluding hydrogens is 526 g/mol. The van der Waals surface area contributed by atoms with Gasteiger partial charge in [0.1, 0.15) is 11.4 Å². The van der Waals surface area contributed by atoms with E-state index in [-0.39, 0.29) is 47.9 Å². The molecule has 6 nitrogen and oxygen atoms in total. The fourth-order valence-electron chi connectivity index (χ4n) is 2.96. The van der Waals surface area contributed by atoms with Crippen LogP contribution < -0.4 is 15.4 Å². The second-order valence-electron chi connectivity index (χ2n) is 8.09. The first kappa shape index (κ1) is 27.8. The van der Waals surface area contributed by atoms with Crippen molar-refractivity contribution in [3.8, 4) is 5.75 Å². The normalized spacial score (nSPS) is 17.3. The number of aliphatic imine (C=N–C) groups is 1. The third kappa shape index (κ3) is 10.3. The largest absolute Gasteiger partial charge is 0.488 e. The van der Waals surface area contributed by atoms with E-state index in [2.05, 4.69) is 15.6 Å². The number of hydrogen-bond donors (Lipinski definition) is 2. The van der Waals surface area contributed by atoms with Gasteiger partial charge in [-0.1, -0.05) is 6.07 Å². The monoisotopic (exact) mass is 559 g/mol. The molecule has 2 N–H and O–H groups in total. The number of nitrogens with one attached hydrogen (secondary N) is 2. The highest BCUT2D eigenvalue weighted by atomic mass is 127. The highest BCUT2D eigenvalue weighted by Gasteiger charge is 2.34. The van der Waals surface area contributed by atoms with Gasteiger partial charge in [-0.05, 0) is 51.3 Å². The zero-order valence-corrected chi connectivity index (χ0v) is 20.8. The summed E-state index contributed by atoms with van der Waals surface area (Å²) in [6, 6.07) is 4.03. The Labute approximate surface area is 199 Å². The standard InChI is InChI=1S/C21H32F3N3O3.HI/c1-20(2,3)30-16-7-6-15(18(12-16)21(22,23)24)13-27-19(25-4)26-9-5-10-29-17-8-11-28-14-17;/h6-7,12,17H,5,8-11,13-14H2,1-4H3,(H2,25,26,27);1H. The molecule has 1 aromatic rings. The molecule has 10 heteroatoms. The lowest BCUT2D eigenvalue weighted by atomic mass is 10.1. The number of nitrogens with zero attached hydrogens (tertiary/aromatic N) is 1. The summed E-state index contributed by atoms with van der Waals surface area (Å²) in [5.41, 5.74) is -1.18. The summed E-state index contributed by atoms with van der Waals surface area (Å²) < 4.78 is 57.1. The van der Waals surface area contributed by atoms with Crippen molar-refractivity contribution in [2.45, 2.75) is 58.0 Å². The number of hydrogen-bond acceptors (Lipinski definition) is 4. The van der Waals surface area contributed by atoms with Crippen LogP contribution in [0.4, 0.5) is 13.2 Å². The van der Waals surface area contributed by atoms with E-state index in [4.69, 9.17) is 14.2 Å². The maximum atomic E-state index is 13.5. The van der Waals surface area contributed by atoms with Crippen LogP contribution in [0.15, 0.2) is 23.2 Å². The molecule has 0 radical (unpaired) electrons. The van der Waals surface area contributed by atoms with Crippen LogP contribution in [-0.2, 0) is 22.2 Å². The summed E-state index contributed by atoms with van der Waals surface area (Å²) in [7, 11) is 1.58. The van der Waals surface area contributed by atoms with Crippen molar-refractivity contribution in [1.29, 1.82) is 0 Å². The lowest BCUT2D eigenvalue weighted by Crippen LogP contribution is -2.38. The second-order valence-corrected chi connectivity index (χ2v) is 8.09. The molecule has 0 saturated carbocycles. The summed E-state index contributed by atoms with van der Waals surface area (Å²) in [4.78, 5) is 4.06. The van der Waals surface area contributed by atoms with Crippen LogP contribution in [0.25, 0.3) is 0 Å². The van der Waals surface area contributed by atoms with Crippen LogP contribution in [0.3, 0.4) is 0 Å². The minimum absolute atomic E-state index is 0. The van der Waals surface area contributed by atoms with Gasteiger partial charge in [-0.15, -0.1) is 24.0 Å². The van der Waals surface area contributed by atoms with Gasteiger partial charge in [0.05, 0.1) is 18.3 Å². The van der Waals surface area contributed by atoms with Crippen molar-refractivity contribution in [2.24, 2.45) is 4.99 Å². The highest BCUT2D eigenvalue weighted by Crippen LogP contribution is 2.35. The number of guanidine groups is 1. The first-order valence-electron chi connectivity index (χ1n) is 10.1. The first-order valence-corrected chi connectivity index (χ1v) is 10.1. The lowest BCUT2D eigenvalue weighted by molar-refractivity contribution is -0.138. The molecule has 31 heavy (non-hydrogen) atoms. The van der Waals surface area contributed by atoms with E-state index in [0.717, 1.165) is 25.5 Å². The molecule has 2 rings (SSSR count). The van der Waals surface area contributed by atoms with Crippen LogP contribution in [0.2, 0.25) is 0 Å². The number of ether oxygens (including phenoxy) is 3. The average molecular weight is 559 g/mol. The van der Waals surface area contributed by atoms with Crippen LogP contribution in [0, 0.1) is 0 Å². The third-order valence-corrected chi connectivity index (χ3v) is 4.34. The molecule has 1 fully saturated rings. The van der Waals surface area contributed by atoms with Gasteiger partial charge in [0.2, 0.25) is 0 Å². The Bertz CT molecular complexity index is 703. The third-order valence-electron chi connectivity index (χ3n) is 4.34. The molecule has 0 amide bonds. The van der Waals surface area contributed by atoms with E-state index in [1.165, 1.54) is 6.07 Å². The number of alkyl halides is 3. The van der Waals surface area contributed by atoms with E-state index in [1.54, 1.807) is 33.9 Å². The molecular formula is C21H33F3IN3O3. The van der Waals surface area contributed by atoms with E-state index < -0.39 is 17.3 Å². The highest BCUT2D eigenvalue weighted by molar-refractivity contribution is 14.0. The lowest BCUT2D eigenvalue weighted by Gasteiger charge is -2.23. The number of rotatable bonds is 8. The smallest absolute Gasteiger partial charge is 0.416 e. The summed E-state index contributed by atoms with van der Waals surface area (Å²) in [5, 5.41) is 6.02. The maximum absolute atomic E-state index is 13.5. The van der Waals surface area contributed by atoms with Gasteiger partial charge in [-0.3, -0.25) is 4.99 Å². The zero-order chi connectivity index (χ0) is 22.2. The van der Waals surface area contributed by atoms with Crippen LogP contribution in [-0.4, -0.2) is 51.1 Å². The van der Waals surface area contributed by atoms with E-state index in [1.807, 2.05) is 0 Å². The van der Waals surface area contributed by atoms with Crippen molar-refractivity contribution >= 4 is 29.9 Å². The quantitative estimate of drug-likeness (QED) is 0.215. The minimum atomic E-state index is -4.48. The Hall–Kier alpha value is -1.27. The molecule has 1 aliphatic heterocycles. The van der Waals surface area contributed by atoms with Gasteiger partial charge in [-0.25, -0.2) is 0 Å². The topological polar surface area (TPSA) is 64.1 Å². The maximum Gasteiger partial charge on any atom is 0.416 e. The van der Waals surface area contributed by atoms with Gasteiger partial charge in [0, 0.05) is 33.4 Å². The zero-order valence-electron chi connectivity index (χ0n) is 18.5. The molecule has 0 aromatic heterocycles. The Balaban J connectivity index is 0.00000480. The molecule has 1 aromatic carbocycles. The summed E-state index contributed by atoms with van der Waals surface area (Å²) >= 11 is 0. The van der Waals surface area contributed by atoms with E-state index >= 15 is 0 Å². The van der Waals surface area contributed by atoms with Gasteiger partial charge in [-0.2, -0.15) is 13.2 Å². The van der Waals surface area contributed by atoms with E-state index in [0.29, 0.717) is 25.7 Å². The second kappa shape index (κ2) is 12.7. The van der Waals surface area contributed by atoms with Crippen molar-refractivity contribution in [2.75, 3.05) is 33.4 Å². The Kier molecular flexibility index (Phi) is 11.4. The van der Waals surface area contributed by atoms with Gasteiger partial charge >= 0.3 is 6.18 Å². The fourth-order valence-corrected chi connectivity index (χ4v) is 2.96. The first-order chi connectivity index (χ1) is 14.1. The Morgan fingerprint density at radius 2 is 1.97 bits per heavy atom. The molecule has 1 atom stereocenters. The fraction of sp³-hybridized carbons (Fsp3) is 0.667. The van der Waals surface area contributed by atoms with E-state index in [9.17, 15) is 13.2 Å². The van der Waals surface area contributed by atoms with Gasteiger partial charge in [0.15, 0.2) is 5.96 Å². The minimum Gasteiger partial charge on any atom is -0.488 e. The van der Waals surface area contributed by atoms with Crippen molar-refractivity contribution in [3.05, 3.63) is 29.3 Å². The summed E-state index contributed by atoms with van der Waals surface area (Å²) in [6.45, 7) is 7.91. The Morgan fingerprint density at radius 1 is 1.23 bits per heavy atom. The Morgan fingerprint density at radius 3 is 2.55 bits per heavy atom. The molecule has 1 aliphatic rings. The predicted molar refractivity (Wildman–Crippen MR) is 125 cm³/mol. The van der Waals surface area contributed by atoms with Crippen LogP contribution >= 0.6 is 24.0 Å². The summed E-state index contributed by atoms with van der Waals surface area (Å²) in [5.74, 6) is 0.621. The van der Waals surface area contributed by atoms with Crippen molar-refractivity contribution < 1.29 is 27.4 Å². The van der Waals surface area contributed by atoms with Crippen molar-refractivity contribution in [3.63, 3.8) is 0 Å². The van der Waals surface area contributed by atoms with Gasteiger partial charge in [0.25, 0.3) is 0 Å². The molecule has 178 valence electrons. The predicted octanol–water partition coefficient (Wildman–Crippen LogP) is 4.36. The van der Waals surface area contributed by atoms with Gasteiger partial charge < -0.3 is 24.8 Å². The SMILES string of the molecule is CN=C(NCCCOC1CCOC1)NCc1ccc(OC(C)(C)C)cc1C(F)(F)F.I. The van der Waals surface area contributed by atoms with Crippen LogP contribution in [0.1, 0.15) is 44.7 Å². The average Bonchev–Trinajstić information content (AvgIpc) is 3.16. The number of halogens is 4.